The topological polar surface area (TPSA) is 57.6 Å². The van der Waals surface area contributed by atoms with Crippen LogP contribution in [0.1, 0.15) is 63.0 Å². The zero-order valence-electron chi connectivity index (χ0n) is 15.8. The van der Waals surface area contributed by atoms with Crippen molar-refractivity contribution in [1.82, 2.24) is 4.90 Å². The Morgan fingerprint density at radius 3 is 2.19 bits per heavy atom. The van der Waals surface area contributed by atoms with Crippen molar-refractivity contribution in [2.75, 3.05) is 13.1 Å². The predicted octanol–water partition coefficient (Wildman–Crippen LogP) is 4.32. The molecule has 3 rings (SSSR count). The first-order valence-electron chi connectivity index (χ1n) is 9.75. The van der Waals surface area contributed by atoms with Gasteiger partial charge in [-0.3, -0.25) is 4.79 Å². The second kappa shape index (κ2) is 8.07. The molecule has 26 heavy (non-hydrogen) atoms. The van der Waals surface area contributed by atoms with E-state index < -0.39 is 5.97 Å². The van der Waals surface area contributed by atoms with Crippen molar-refractivity contribution >= 4 is 18.0 Å². The highest BCUT2D eigenvalue weighted by Crippen LogP contribution is 2.36. The quantitative estimate of drug-likeness (QED) is 0.801. The Balaban J connectivity index is 1.68. The molecule has 1 saturated carbocycles. The third-order valence-electron chi connectivity index (χ3n) is 5.89. The molecule has 4 heteroatoms. The van der Waals surface area contributed by atoms with Gasteiger partial charge in [-0.2, -0.15) is 0 Å². The first-order chi connectivity index (χ1) is 12.4. The van der Waals surface area contributed by atoms with Gasteiger partial charge in [-0.25, -0.2) is 4.79 Å². The molecule has 1 aromatic rings. The Bertz CT molecular complexity index is 676. The van der Waals surface area contributed by atoms with Crippen LogP contribution in [0.4, 0.5) is 0 Å². The molecule has 2 fully saturated rings. The second-order valence-corrected chi connectivity index (χ2v) is 8.08. The zero-order chi connectivity index (χ0) is 18.7. The Labute approximate surface area is 155 Å². The number of hydrogen-bond donors (Lipinski definition) is 1. The van der Waals surface area contributed by atoms with Crippen molar-refractivity contribution < 1.29 is 14.7 Å². The zero-order valence-corrected chi connectivity index (χ0v) is 15.8. The minimum atomic E-state index is -1.01. The third-order valence-corrected chi connectivity index (χ3v) is 5.89. The normalized spacial score (nSPS) is 23.2. The maximum atomic E-state index is 12.7. The van der Waals surface area contributed by atoms with Gasteiger partial charge in [0.2, 0.25) is 5.91 Å². The molecule has 1 N–H and O–H groups in total. The van der Waals surface area contributed by atoms with Crippen LogP contribution in [0.15, 0.2) is 29.8 Å². The molecule has 1 aliphatic heterocycles. The number of hydrogen-bond acceptors (Lipinski definition) is 2. The summed E-state index contributed by atoms with van der Waals surface area (Å²) in [5.74, 6) is 0.615. The summed E-state index contributed by atoms with van der Waals surface area (Å²) in [5, 5.41) is 9.54. The fourth-order valence-electron chi connectivity index (χ4n) is 4.25. The Hall–Kier alpha value is -2.10. The molecule has 1 aromatic carbocycles. The number of fused-ring (bicyclic) bond motifs is 1. The van der Waals surface area contributed by atoms with Gasteiger partial charge in [-0.05, 0) is 47.8 Å². The average Bonchev–Trinajstić information content (AvgIpc) is 3.05. The number of nitrogens with zero attached hydrogens (tertiary/aromatic N) is 1. The van der Waals surface area contributed by atoms with Gasteiger partial charge in [0.15, 0.2) is 0 Å². The lowest BCUT2D eigenvalue weighted by Crippen LogP contribution is -2.29. The summed E-state index contributed by atoms with van der Waals surface area (Å²) >= 11 is 0. The van der Waals surface area contributed by atoms with Crippen LogP contribution in [0.2, 0.25) is 0 Å². The average molecular weight is 355 g/mol. The van der Waals surface area contributed by atoms with E-state index in [4.69, 9.17) is 0 Å². The van der Waals surface area contributed by atoms with Crippen LogP contribution in [0, 0.1) is 11.8 Å². The molecule has 0 unspecified atom stereocenters. The maximum Gasteiger partial charge on any atom is 0.332 e. The van der Waals surface area contributed by atoms with Gasteiger partial charge < -0.3 is 10.0 Å². The lowest BCUT2D eigenvalue weighted by molar-refractivity contribution is -0.136. The lowest BCUT2D eigenvalue weighted by atomic mass is 9.82. The SMILES string of the molecule is CC(C)c1ccc(C=C(CC(=O)N2C[C@H]3CCCC[C@H]3C2)C(=O)O)cc1. The van der Waals surface area contributed by atoms with Crippen molar-refractivity contribution in [3.63, 3.8) is 0 Å². The van der Waals surface area contributed by atoms with E-state index in [-0.39, 0.29) is 17.9 Å². The summed E-state index contributed by atoms with van der Waals surface area (Å²) in [7, 11) is 0. The number of carbonyl (C=O) groups excluding carboxylic acids is 1. The highest BCUT2D eigenvalue weighted by Gasteiger charge is 2.36. The van der Waals surface area contributed by atoms with Crippen LogP contribution in [0.25, 0.3) is 6.08 Å². The first kappa shape index (κ1) is 18.7. The molecule has 0 spiro atoms. The minimum Gasteiger partial charge on any atom is -0.478 e. The van der Waals surface area contributed by atoms with Crippen molar-refractivity contribution in [3.05, 3.63) is 41.0 Å². The van der Waals surface area contributed by atoms with Crippen molar-refractivity contribution in [3.8, 4) is 0 Å². The molecule has 1 amide bonds. The Morgan fingerprint density at radius 1 is 1.12 bits per heavy atom. The summed E-state index contributed by atoms with van der Waals surface area (Å²) in [6.07, 6.45) is 6.54. The van der Waals surface area contributed by atoms with E-state index in [0.29, 0.717) is 17.8 Å². The Kier molecular flexibility index (Phi) is 5.80. The molecular formula is C22H29NO3. The van der Waals surface area contributed by atoms with E-state index >= 15 is 0 Å². The molecule has 2 aliphatic rings. The van der Waals surface area contributed by atoms with Gasteiger partial charge in [-0.15, -0.1) is 0 Å². The number of carboxylic acids is 1. The van der Waals surface area contributed by atoms with Gasteiger partial charge in [0, 0.05) is 18.7 Å². The van der Waals surface area contributed by atoms with Crippen LogP contribution in [0.3, 0.4) is 0 Å². The molecule has 0 aromatic heterocycles. The number of carbonyl (C=O) groups is 2. The Morgan fingerprint density at radius 2 is 1.69 bits per heavy atom. The number of amides is 1. The summed E-state index contributed by atoms with van der Waals surface area (Å²) in [4.78, 5) is 26.2. The second-order valence-electron chi connectivity index (χ2n) is 8.08. The van der Waals surface area contributed by atoms with Gasteiger partial charge in [0.1, 0.15) is 0 Å². The highest BCUT2D eigenvalue weighted by atomic mass is 16.4. The van der Waals surface area contributed by atoms with Crippen molar-refractivity contribution in [2.45, 2.75) is 51.9 Å². The summed E-state index contributed by atoms with van der Waals surface area (Å²) in [5.41, 5.74) is 2.21. The van der Waals surface area contributed by atoms with E-state index in [9.17, 15) is 14.7 Å². The largest absolute Gasteiger partial charge is 0.478 e. The van der Waals surface area contributed by atoms with Gasteiger partial charge in [-0.1, -0.05) is 51.0 Å². The van der Waals surface area contributed by atoms with Crippen LogP contribution in [-0.4, -0.2) is 35.0 Å². The molecule has 1 saturated heterocycles. The number of likely N-dealkylation sites (tertiary alicyclic amines) is 1. The third kappa shape index (κ3) is 4.35. The highest BCUT2D eigenvalue weighted by molar-refractivity contribution is 5.98. The molecule has 1 heterocycles. The first-order valence-corrected chi connectivity index (χ1v) is 9.75. The van der Waals surface area contributed by atoms with Crippen LogP contribution < -0.4 is 0 Å². The van der Waals surface area contributed by atoms with E-state index in [1.807, 2.05) is 29.2 Å². The van der Waals surface area contributed by atoms with Crippen molar-refractivity contribution in [2.24, 2.45) is 11.8 Å². The molecule has 0 radical (unpaired) electrons. The fourth-order valence-corrected chi connectivity index (χ4v) is 4.25. The molecule has 4 nitrogen and oxygen atoms in total. The van der Waals surface area contributed by atoms with E-state index in [2.05, 4.69) is 13.8 Å². The molecule has 1 aliphatic carbocycles. The molecule has 140 valence electrons. The van der Waals surface area contributed by atoms with Crippen LogP contribution >= 0.6 is 0 Å². The fraction of sp³-hybridized carbons (Fsp3) is 0.545. The number of rotatable bonds is 5. The van der Waals surface area contributed by atoms with E-state index in [1.54, 1.807) is 6.08 Å². The lowest BCUT2D eigenvalue weighted by Gasteiger charge is -2.22. The van der Waals surface area contributed by atoms with Gasteiger partial charge >= 0.3 is 5.97 Å². The maximum absolute atomic E-state index is 12.7. The van der Waals surface area contributed by atoms with Gasteiger partial charge in [0.05, 0.1) is 6.42 Å². The standard InChI is InChI=1S/C22H29NO3/c1-15(2)17-9-7-16(8-10-17)11-20(22(25)26)12-21(24)23-13-18-5-3-4-6-19(18)14-23/h7-11,15,18-19H,3-6,12-14H2,1-2H3,(H,25,26)/t18-,19+. The van der Waals surface area contributed by atoms with E-state index in [0.717, 1.165) is 18.7 Å². The smallest absolute Gasteiger partial charge is 0.332 e. The molecule has 0 bridgehead atoms. The summed E-state index contributed by atoms with van der Waals surface area (Å²) in [6.45, 7) is 5.86. The predicted molar refractivity (Wildman–Crippen MR) is 103 cm³/mol. The number of benzene rings is 1. The van der Waals surface area contributed by atoms with Gasteiger partial charge in [0.25, 0.3) is 0 Å². The van der Waals surface area contributed by atoms with Crippen LogP contribution in [-0.2, 0) is 9.59 Å². The number of aliphatic carboxylic acids is 1. The van der Waals surface area contributed by atoms with Crippen molar-refractivity contribution in [1.29, 1.82) is 0 Å². The number of carboxylic acid groups (broad SMARTS) is 1. The summed E-state index contributed by atoms with van der Waals surface area (Å²) in [6, 6.07) is 7.88. The monoisotopic (exact) mass is 355 g/mol. The van der Waals surface area contributed by atoms with Crippen LogP contribution in [0.5, 0.6) is 0 Å². The molecule has 2 atom stereocenters. The molecular weight excluding hydrogens is 326 g/mol. The van der Waals surface area contributed by atoms with E-state index in [1.165, 1.54) is 31.2 Å². The summed E-state index contributed by atoms with van der Waals surface area (Å²) < 4.78 is 0. The minimum absolute atomic E-state index is 0.0271.